The summed E-state index contributed by atoms with van der Waals surface area (Å²) in [7, 11) is 0. The standard InChI is InChI=1S/C23H17F4N7O2/c1-22(2,21-33-29-12-36-21)34-11-14(10-30-34)20-13(9-28)6-16(7-17(20)24)32-19(35)8-15-4-3-5-18(31-15)23(25,26)27/h3-7,10-12H,8H2,1-2H3,(H,32,35). The summed E-state index contributed by atoms with van der Waals surface area (Å²) in [4.78, 5) is 15.8. The molecule has 0 aliphatic heterocycles. The predicted octanol–water partition coefficient (Wildman–Crippen LogP) is 4.32. The van der Waals surface area contributed by atoms with Crippen LogP contribution in [-0.4, -0.2) is 30.9 Å². The molecular formula is C23H17F4N7O2. The highest BCUT2D eigenvalue weighted by atomic mass is 19.4. The van der Waals surface area contributed by atoms with Gasteiger partial charge in [0.2, 0.25) is 18.2 Å². The molecule has 9 nitrogen and oxygen atoms in total. The summed E-state index contributed by atoms with van der Waals surface area (Å²) in [5.41, 5.74) is -1.97. The van der Waals surface area contributed by atoms with Crippen LogP contribution in [0.1, 0.15) is 36.7 Å². The van der Waals surface area contributed by atoms with Crippen molar-refractivity contribution in [2.24, 2.45) is 0 Å². The molecule has 0 saturated heterocycles. The summed E-state index contributed by atoms with van der Waals surface area (Å²) >= 11 is 0. The van der Waals surface area contributed by atoms with Crippen molar-refractivity contribution in [2.75, 3.05) is 5.32 Å². The van der Waals surface area contributed by atoms with Crippen molar-refractivity contribution in [1.82, 2.24) is 25.0 Å². The zero-order valence-corrected chi connectivity index (χ0v) is 18.8. The van der Waals surface area contributed by atoms with Crippen LogP contribution >= 0.6 is 0 Å². The highest BCUT2D eigenvalue weighted by Gasteiger charge is 2.32. The number of aromatic nitrogens is 5. The molecule has 4 rings (SSSR count). The second-order valence-corrected chi connectivity index (χ2v) is 8.21. The molecule has 0 spiro atoms. The van der Waals surface area contributed by atoms with Gasteiger partial charge in [0.1, 0.15) is 17.1 Å². The van der Waals surface area contributed by atoms with Crippen molar-refractivity contribution >= 4 is 11.6 Å². The van der Waals surface area contributed by atoms with Crippen LogP contribution in [0.15, 0.2) is 53.5 Å². The number of rotatable bonds is 6. The van der Waals surface area contributed by atoms with E-state index < -0.39 is 35.6 Å². The van der Waals surface area contributed by atoms with Crippen LogP contribution < -0.4 is 5.32 Å². The highest BCUT2D eigenvalue weighted by Crippen LogP contribution is 2.32. The summed E-state index contributed by atoms with van der Waals surface area (Å²) in [5.74, 6) is -1.27. The smallest absolute Gasteiger partial charge is 0.425 e. The summed E-state index contributed by atoms with van der Waals surface area (Å²) < 4.78 is 60.4. The van der Waals surface area contributed by atoms with Crippen LogP contribution in [0.4, 0.5) is 23.2 Å². The van der Waals surface area contributed by atoms with E-state index in [9.17, 15) is 23.2 Å². The Bertz CT molecular complexity index is 1450. The molecule has 0 aliphatic rings. The number of carbonyl (C=O) groups is 1. The number of nitriles is 1. The Labute approximate surface area is 201 Å². The lowest BCUT2D eigenvalue weighted by atomic mass is 10.0. The maximum absolute atomic E-state index is 15.1. The van der Waals surface area contributed by atoms with E-state index in [1.807, 2.05) is 6.07 Å². The summed E-state index contributed by atoms with van der Waals surface area (Å²) in [6.45, 7) is 3.52. The zero-order valence-electron chi connectivity index (χ0n) is 18.8. The van der Waals surface area contributed by atoms with Gasteiger partial charge in [-0.15, -0.1) is 10.2 Å². The maximum Gasteiger partial charge on any atom is 0.433 e. The minimum Gasteiger partial charge on any atom is -0.425 e. The lowest BCUT2D eigenvalue weighted by molar-refractivity contribution is -0.141. The molecule has 1 N–H and O–H groups in total. The van der Waals surface area contributed by atoms with E-state index in [0.717, 1.165) is 18.2 Å². The summed E-state index contributed by atoms with van der Waals surface area (Å²) in [5, 5.41) is 23.8. The number of anilines is 1. The number of pyridine rings is 1. The van der Waals surface area contributed by atoms with Gasteiger partial charge in [-0.05, 0) is 38.1 Å². The zero-order chi connectivity index (χ0) is 26.1. The predicted molar refractivity (Wildman–Crippen MR) is 117 cm³/mol. The van der Waals surface area contributed by atoms with Gasteiger partial charge in [0.05, 0.1) is 29.9 Å². The first-order valence-electron chi connectivity index (χ1n) is 10.4. The third-order valence-corrected chi connectivity index (χ3v) is 5.26. The molecule has 36 heavy (non-hydrogen) atoms. The van der Waals surface area contributed by atoms with E-state index in [-0.39, 0.29) is 28.4 Å². The first kappa shape index (κ1) is 24.5. The second kappa shape index (κ2) is 9.21. The third kappa shape index (κ3) is 4.92. The first-order valence-corrected chi connectivity index (χ1v) is 10.4. The Hall–Kier alpha value is -4.60. The Morgan fingerprint density at radius 1 is 1.25 bits per heavy atom. The van der Waals surface area contributed by atoms with E-state index >= 15 is 4.39 Å². The number of hydrogen-bond acceptors (Lipinski definition) is 7. The fraction of sp³-hybridized carbons (Fsp3) is 0.217. The Kier molecular flexibility index (Phi) is 6.28. The monoisotopic (exact) mass is 499 g/mol. The van der Waals surface area contributed by atoms with Crippen LogP contribution in [0.2, 0.25) is 0 Å². The molecule has 0 unspecified atom stereocenters. The van der Waals surface area contributed by atoms with Crippen molar-refractivity contribution < 1.29 is 26.8 Å². The minimum absolute atomic E-state index is 0.0386. The lowest BCUT2D eigenvalue weighted by Crippen LogP contribution is -2.28. The van der Waals surface area contributed by atoms with Crippen LogP contribution in [0.25, 0.3) is 11.1 Å². The van der Waals surface area contributed by atoms with Gasteiger partial charge in [0, 0.05) is 23.0 Å². The molecule has 0 atom stereocenters. The van der Waals surface area contributed by atoms with Crippen molar-refractivity contribution in [2.45, 2.75) is 32.0 Å². The number of nitrogens with one attached hydrogen (secondary N) is 1. The minimum atomic E-state index is -4.65. The molecule has 0 saturated carbocycles. The Balaban J connectivity index is 1.56. The molecule has 1 aromatic carbocycles. The number of carbonyl (C=O) groups excluding carboxylic acids is 1. The second-order valence-electron chi connectivity index (χ2n) is 8.21. The molecule has 0 bridgehead atoms. The van der Waals surface area contributed by atoms with Crippen LogP contribution in [0.5, 0.6) is 0 Å². The number of alkyl halides is 3. The van der Waals surface area contributed by atoms with Crippen molar-refractivity contribution in [3.05, 3.63) is 77.8 Å². The molecule has 0 fully saturated rings. The van der Waals surface area contributed by atoms with Gasteiger partial charge in [0.15, 0.2) is 0 Å². The molecule has 3 heterocycles. The molecule has 0 aliphatic carbocycles. The largest absolute Gasteiger partial charge is 0.433 e. The SMILES string of the molecule is CC(C)(c1nnco1)n1cc(-c2c(F)cc(NC(=O)Cc3cccc(C(F)(F)F)n3)cc2C#N)cn1. The van der Waals surface area contributed by atoms with Crippen molar-refractivity contribution in [3.8, 4) is 17.2 Å². The highest BCUT2D eigenvalue weighted by molar-refractivity contribution is 5.92. The van der Waals surface area contributed by atoms with E-state index in [2.05, 4.69) is 25.6 Å². The third-order valence-electron chi connectivity index (χ3n) is 5.26. The average Bonchev–Trinajstić information content (AvgIpc) is 3.51. The fourth-order valence-electron chi connectivity index (χ4n) is 3.46. The first-order chi connectivity index (χ1) is 17.0. The molecule has 184 valence electrons. The van der Waals surface area contributed by atoms with Gasteiger partial charge in [-0.2, -0.15) is 23.5 Å². The Morgan fingerprint density at radius 3 is 2.69 bits per heavy atom. The fourth-order valence-corrected chi connectivity index (χ4v) is 3.46. The van der Waals surface area contributed by atoms with Gasteiger partial charge < -0.3 is 9.73 Å². The molecule has 3 aromatic heterocycles. The van der Waals surface area contributed by atoms with Gasteiger partial charge >= 0.3 is 6.18 Å². The van der Waals surface area contributed by atoms with Crippen LogP contribution in [0.3, 0.4) is 0 Å². The average molecular weight is 499 g/mol. The van der Waals surface area contributed by atoms with Crippen LogP contribution in [0, 0.1) is 17.1 Å². The molecule has 0 radical (unpaired) electrons. The molecule has 13 heteroatoms. The number of amides is 1. The van der Waals surface area contributed by atoms with Crippen LogP contribution in [-0.2, 0) is 22.9 Å². The van der Waals surface area contributed by atoms with Gasteiger partial charge in [-0.1, -0.05) is 6.07 Å². The van der Waals surface area contributed by atoms with Crippen molar-refractivity contribution in [1.29, 1.82) is 5.26 Å². The van der Waals surface area contributed by atoms with E-state index in [1.54, 1.807) is 13.8 Å². The topological polar surface area (TPSA) is 123 Å². The number of hydrogen-bond donors (Lipinski definition) is 1. The number of nitrogens with zero attached hydrogens (tertiary/aromatic N) is 6. The molecule has 1 amide bonds. The van der Waals surface area contributed by atoms with E-state index in [4.69, 9.17) is 4.42 Å². The summed E-state index contributed by atoms with van der Waals surface area (Å²) in [6, 6.07) is 7.36. The maximum atomic E-state index is 15.1. The molecular weight excluding hydrogens is 482 g/mol. The van der Waals surface area contributed by atoms with E-state index in [1.165, 1.54) is 35.6 Å². The normalized spacial score (nSPS) is 11.8. The van der Waals surface area contributed by atoms with Crippen molar-refractivity contribution in [3.63, 3.8) is 0 Å². The number of benzene rings is 1. The van der Waals surface area contributed by atoms with Gasteiger partial charge in [-0.3, -0.25) is 9.48 Å². The molecule has 4 aromatic rings. The quantitative estimate of drug-likeness (QED) is 0.392. The summed E-state index contributed by atoms with van der Waals surface area (Å²) in [6.07, 6.45) is -1.07. The van der Waals surface area contributed by atoms with Gasteiger partial charge in [-0.25, -0.2) is 9.37 Å². The number of halogens is 4. The van der Waals surface area contributed by atoms with Gasteiger partial charge in [0.25, 0.3) is 0 Å². The van der Waals surface area contributed by atoms with E-state index in [0.29, 0.717) is 5.56 Å². The Morgan fingerprint density at radius 2 is 2.03 bits per heavy atom. The lowest BCUT2D eigenvalue weighted by Gasteiger charge is -2.20.